The normalized spacial score (nSPS) is 12.4. The summed E-state index contributed by atoms with van der Waals surface area (Å²) in [7, 11) is 0.568. The maximum atomic E-state index is 12.0. The molecule has 0 bridgehead atoms. The molecule has 5 heteroatoms. The van der Waals surface area contributed by atoms with Crippen LogP contribution in [-0.4, -0.2) is 29.1 Å². The third kappa shape index (κ3) is 3.72. The Morgan fingerprint density at radius 3 is 2.88 bits per heavy atom. The largest absolute Gasteiger partial charge is 0.495 e. The summed E-state index contributed by atoms with van der Waals surface area (Å²) < 4.78 is 17.2. The van der Waals surface area contributed by atoms with E-state index in [0.717, 1.165) is 17.1 Å². The number of rotatable bonds is 6. The van der Waals surface area contributed by atoms with Crippen molar-refractivity contribution in [3.63, 3.8) is 0 Å². The van der Waals surface area contributed by atoms with E-state index in [0.29, 0.717) is 17.2 Å². The number of benzene rings is 1. The van der Waals surface area contributed by atoms with Gasteiger partial charge in [0.25, 0.3) is 0 Å². The summed E-state index contributed by atoms with van der Waals surface area (Å²) >= 11 is 1.77. The lowest BCUT2D eigenvalue weighted by Crippen LogP contribution is -2.02. The summed E-state index contributed by atoms with van der Waals surface area (Å²) in [5.74, 6) is 2.31. The predicted octanol–water partition coefficient (Wildman–Crippen LogP) is 2.14. The summed E-state index contributed by atoms with van der Waals surface area (Å²) in [6.45, 7) is 0. The molecular weight excluding hydrogens is 242 g/mol. The highest BCUT2D eigenvalue weighted by atomic mass is 32.2. The van der Waals surface area contributed by atoms with Crippen LogP contribution < -0.4 is 10.5 Å². The van der Waals surface area contributed by atoms with Gasteiger partial charge in [-0.2, -0.15) is 11.8 Å². The molecule has 0 aliphatic rings. The molecule has 1 atom stereocenters. The molecule has 0 aliphatic heterocycles. The monoisotopic (exact) mass is 259 g/mol. The van der Waals surface area contributed by atoms with E-state index < -0.39 is 10.8 Å². The van der Waals surface area contributed by atoms with E-state index in [1.165, 1.54) is 0 Å². The predicted molar refractivity (Wildman–Crippen MR) is 71.7 cm³/mol. The number of hydrogen-bond acceptors (Lipinski definition) is 4. The molecule has 16 heavy (non-hydrogen) atoms. The van der Waals surface area contributed by atoms with Crippen molar-refractivity contribution in [2.24, 2.45) is 0 Å². The molecule has 0 spiro atoms. The molecule has 0 saturated heterocycles. The number of nitrogens with two attached hydrogens (primary N) is 1. The van der Waals surface area contributed by atoms with Gasteiger partial charge in [-0.15, -0.1) is 0 Å². The van der Waals surface area contributed by atoms with Gasteiger partial charge in [0.1, 0.15) is 5.75 Å². The van der Waals surface area contributed by atoms with Crippen LogP contribution in [0.25, 0.3) is 0 Å². The van der Waals surface area contributed by atoms with Crippen molar-refractivity contribution in [3.8, 4) is 5.75 Å². The second-order valence-corrected chi connectivity index (χ2v) is 5.83. The van der Waals surface area contributed by atoms with E-state index in [4.69, 9.17) is 10.5 Å². The zero-order chi connectivity index (χ0) is 12.0. The Morgan fingerprint density at radius 1 is 1.50 bits per heavy atom. The highest BCUT2D eigenvalue weighted by Gasteiger charge is 2.10. The van der Waals surface area contributed by atoms with Gasteiger partial charge in [-0.25, -0.2) is 0 Å². The first kappa shape index (κ1) is 13.4. The summed E-state index contributed by atoms with van der Waals surface area (Å²) in [5, 5.41) is 0. The molecule has 1 unspecified atom stereocenters. The molecule has 0 fully saturated rings. The molecule has 0 heterocycles. The van der Waals surface area contributed by atoms with Crippen LogP contribution >= 0.6 is 11.8 Å². The summed E-state index contributed by atoms with van der Waals surface area (Å²) in [6, 6.07) is 5.25. The molecule has 90 valence electrons. The number of ether oxygens (including phenoxy) is 1. The number of methoxy groups -OCH3 is 1. The molecule has 1 aromatic carbocycles. The quantitative estimate of drug-likeness (QED) is 0.628. The number of hydrogen-bond donors (Lipinski definition) is 1. The minimum absolute atomic E-state index is 0.613. The molecule has 0 radical (unpaired) electrons. The van der Waals surface area contributed by atoms with Gasteiger partial charge in [0, 0.05) is 17.5 Å². The van der Waals surface area contributed by atoms with Crippen LogP contribution in [0.4, 0.5) is 5.69 Å². The highest BCUT2D eigenvalue weighted by Crippen LogP contribution is 2.25. The van der Waals surface area contributed by atoms with E-state index in [-0.39, 0.29) is 0 Å². The van der Waals surface area contributed by atoms with E-state index in [1.807, 2.05) is 6.26 Å². The van der Waals surface area contributed by atoms with Crippen LogP contribution in [0.15, 0.2) is 23.1 Å². The van der Waals surface area contributed by atoms with Crippen LogP contribution in [0.3, 0.4) is 0 Å². The Morgan fingerprint density at radius 2 is 2.25 bits per heavy atom. The molecule has 0 amide bonds. The number of thioether (sulfide) groups is 1. The number of anilines is 1. The molecule has 0 aromatic heterocycles. The smallest absolute Gasteiger partial charge is 0.137 e. The summed E-state index contributed by atoms with van der Waals surface area (Å²) in [4.78, 5) is 0.734. The molecule has 0 aliphatic carbocycles. The minimum Gasteiger partial charge on any atom is -0.495 e. The molecule has 3 nitrogen and oxygen atoms in total. The van der Waals surface area contributed by atoms with Crippen LogP contribution in [0.2, 0.25) is 0 Å². The lowest BCUT2D eigenvalue weighted by molar-refractivity contribution is 0.404. The summed E-state index contributed by atoms with van der Waals surface area (Å²) in [5.41, 5.74) is 6.27. The average molecular weight is 259 g/mol. The average Bonchev–Trinajstić information content (AvgIpc) is 2.29. The van der Waals surface area contributed by atoms with E-state index >= 15 is 0 Å². The lowest BCUT2D eigenvalue weighted by atomic mass is 10.3. The fourth-order valence-corrected chi connectivity index (χ4v) is 3.15. The van der Waals surface area contributed by atoms with Crippen LogP contribution in [-0.2, 0) is 10.8 Å². The van der Waals surface area contributed by atoms with Crippen molar-refractivity contribution in [2.45, 2.75) is 11.3 Å². The first-order valence-corrected chi connectivity index (χ1v) is 7.71. The molecular formula is C11H17NO2S2. The topological polar surface area (TPSA) is 52.3 Å². The van der Waals surface area contributed by atoms with Crippen LogP contribution in [0.1, 0.15) is 6.42 Å². The van der Waals surface area contributed by atoms with E-state index in [9.17, 15) is 4.21 Å². The Kier molecular flexibility index (Phi) is 5.69. The van der Waals surface area contributed by atoms with Crippen molar-refractivity contribution in [1.82, 2.24) is 0 Å². The number of nitrogen functional groups attached to an aromatic ring is 1. The van der Waals surface area contributed by atoms with Gasteiger partial charge in [0.2, 0.25) is 0 Å². The Balaban J connectivity index is 2.74. The first-order chi connectivity index (χ1) is 7.69. The van der Waals surface area contributed by atoms with Gasteiger partial charge < -0.3 is 10.5 Å². The second kappa shape index (κ2) is 6.81. The lowest BCUT2D eigenvalue weighted by Gasteiger charge is -2.08. The zero-order valence-corrected chi connectivity index (χ0v) is 11.2. The first-order valence-electron chi connectivity index (χ1n) is 5.00. The fraction of sp³-hybridized carbons (Fsp3) is 0.455. The second-order valence-electron chi connectivity index (χ2n) is 3.31. The van der Waals surface area contributed by atoms with Crippen LogP contribution in [0, 0.1) is 0 Å². The fourth-order valence-electron chi connectivity index (χ4n) is 1.32. The molecule has 2 N–H and O–H groups in total. The Labute approximate surface area is 103 Å². The van der Waals surface area contributed by atoms with Crippen molar-refractivity contribution >= 4 is 28.2 Å². The molecule has 0 saturated carbocycles. The Bertz CT molecular complexity index is 369. The van der Waals surface area contributed by atoms with Crippen molar-refractivity contribution in [2.75, 3.05) is 30.6 Å². The Hall–Kier alpha value is -0.680. The van der Waals surface area contributed by atoms with E-state index in [1.54, 1.807) is 37.1 Å². The SMILES string of the molecule is COc1cc(N)ccc1S(=O)CCCSC. The molecule has 1 aromatic rings. The van der Waals surface area contributed by atoms with Gasteiger partial charge in [-0.3, -0.25) is 4.21 Å². The third-order valence-electron chi connectivity index (χ3n) is 2.11. The van der Waals surface area contributed by atoms with Crippen molar-refractivity contribution < 1.29 is 8.95 Å². The van der Waals surface area contributed by atoms with Crippen molar-refractivity contribution in [1.29, 1.82) is 0 Å². The van der Waals surface area contributed by atoms with Gasteiger partial charge >= 0.3 is 0 Å². The standard InChI is InChI=1S/C11H17NO2S2/c1-14-10-8-9(12)4-5-11(10)16(13)7-3-6-15-2/h4-5,8H,3,6-7,12H2,1-2H3. The van der Waals surface area contributed by atoms with Crippen molar-refractivity contribution in [3.05, 3.63) is 18.2 Å². The zero-order valence-electron chi connectivity index (χ0n) is 9.56. The van der Waals surface area contributed by atoms with E-state index in [2.05, 4.69) is 0 Å². The van der Waals surface area contributed by atoms with Gasteiger partial charge in [0.15, 0.2) is 0 Å². The third-order valence-corrected chi connectivity index (χ3v) is 4.30. The van der Waals surface area contributed by atoms with Gasteiger partial charge in [-0.05, 0) is 30.6 Å². The maximum Gasteiger partial charge on any atom is 0.137 e. The van der Waals surface area contributed by atoms with Gasteiger partial charge in [0.05, 0.1) is 22.8 Å². The van der Waals surface area contributed by atoms with Gasteiger partial charge in [-0.1, -0.05) is 0 Å². The van der Waals surface area contributed by atoms with Crippen LogP contribution in [0.5, 0.6) is 5.75 Å². The maximum absolute atomic E-state index is 12.0. The summed E-state index contributed by atoms with van der Waals surface area (Å²) in [6.07, 6.45) is 2.99. The highest BCUT2D eigenvalue weighted by molar-refractivity contribution is 7.98. The minimum atomic E-state index is -0.998. The molecule has 1 rings (SSSR count).